The van der Waals surface area contributed by atoms with E-state index in [9.17, 15) is 13.2 Å². The molecule has 0 fully saturated rings. The van der Waals surface area contributed by atoms with E-state index in [4.69, 9.17) is 0 Å². The smallest absolute Gasteiger partial charge is 0.160 e. The SMILES string of the molecule is C[Si](C)(C)c1c(F)ccc(F)c1F. The Kier molecular flexibility index (Phi) is 2.52. The molecule has 0 nitrogen and oxygen atoms in total. The standard InChI is InChI=1S/C9H11F3Si/c1-13(2,3)9-7(11)5-4-6(10)8(9)12/h4-5H,1-3H3. The molecular formula is C9H11F3Si. The minimum absolute atomic E-state index is 0.0625. The van der Waals surface area contributed by atoms with Crippen LogP contribution in [0.2, 0.25) is 19.6 Å². The normalized spacial score (nSPS) is 11.8. The summed E-state index contributed by atoms with van der Waals surface area (Å²) in [7, 11) is -2.14. The van der Waals surface area contributed by atoms with E-state index in [1.165, 1.54) is 0 Å². The molecule has 72 valence electrons. The van der Waals surface area contributed by atoms with Gasteiger partial charge < -0.3 is 0 Å². The first-order valence-electron chi connectivity index (χ1n) is 3.98. The van der Waals surface area contributed by atoms with E-state index in [0.29, 0.717) is 0 Å². The Labute approximate surface area is 76.4 Å². The lowest BCUT2D eigenvalue weighted by molar-refractivity contribution is 0.502. The lowest BCUT2D eigenvalue weighted by Crippen LogP contribution is -2.43. The van der Waals surface area contributed by atoms with Crippen molar-refractivity contribution in [3.63, 3.8) is 0 Å². The molecule has 0 atom stereocenters. The van der Waals surface area contributed by atoms with E-state index in [-0.39, 0.29) is 5.19 Å². The summed E-state index contributed by atoms with van der Waals surface area (Å²) in [5.74, 6) is -2.64. The van der Waals surface area contributed by atoms with Gasteiger partial charge in [0.2, 0.25) is 0 Å². The average molecular weight is 204 g/mol. The second-order valence-electron chi connectivity index (χ2n) is 3.97. The van der Waals surface area contributed by atoms with Crippen LogP contribution in [0.4, 0.5) is 13.2 Å². The molecule has 1 aromatic carbocycles. The maximum atomic E-state index is 13.2. The molecule has 0 bridgehead atoms. The zero-order valence-electron chi connectivity index (χ0n) is 7.79. The van der Waals surface area contributed by atoms with Crippen molar-refractivity contribution in [3.8, 4) is 0 Å². The fourth-order valence-corrected chi connectivity index (χ4v) is 2.79. The highest BCUT2D eigenvalue weighted by molar-refractivity contribution is 6.88. The van der Waals surface area contributed by atoms with Gasteiger partial charge in [-0.25, -0.2) is 13.2 Å². The molecule has 4 heteroatoms. The summed E-state index contributed by atoms with van der Waals surface area (Å²) in [5.41, 5.74) is 0. The number of hydrogen-bond acceptors (Lipinski definition) is 0. The first-order chi connectivity index (χ1) is 5.84. The van der Waals surface area contributed by atoms with E-state index in [0.717, 1.165) is 12.1 Å². The van der Waals surface area contributed by atoms with E-state index in [1.54, 1.807) is 19.6 Å². The van der Waals surface area contributed by atoms with Crippen LogP contribution in [0.15, 0.2) is 12.1 Å². The van der Waals surface area contributed by atoms with Crippen LogP contribution in [0, 0.1) is 17.5 Å². The van der Waals surface area contributed by atoms with E-state index in [1.807, 2.05) is 0 Å². The van der Waals surface area contributed by atoms with Gasteiger partial charge in [-0.15, -0.1) is 0 Å². The lowest BCUT2D eigenvalue weighted by Gasteiger charge is -2.18. The summed E-state index contributed by atoms with van der Waals surface area (Å²) in [6.07, 6.45) is 0. The Balaban J connectivity index is 3.43. The average Bonchev–Trinajstić information content (AvgIpc) is 1.95. The molecule has 0 heterocycles. The predicted molar refractivity (Wildman–Crippen MR) is 49.3 cm³/mol. The highest BCUT2D eigenvalue weighted by atomic mass is 28.3. The Morgan fingerprint density at radius 1 is 0.923 bits per heavy atom. The summed E-state index contributed by atoms with van der Waals surface area (Å²) in [6.45, 7) is 5.32. The van der Waals surface area contributed by atoms with Gasteiger partial charge in [0.1, 0.15) is 5.82 Å². The molecule has 0 amide bonds. The van der Waals surface area contributed by atoms with E-state index in [2.05, 4.69) is 0 Å². The molecule has 0 aliphatic carbocycles. The van der Waals surface area contributed by atoms with E-state index < -0.39 is 25.5 Å². The minimum atomic E-state index is -2.14. The van der Waals surface area contributed by atoms with Crippen LogP contribution >= 0.6 is 0 Å². The van der Waals surface area contributed by atoms with Crippen LogP contribution in [-0.2, 0) is 0 Å². The number of halogens is 3. The molecular weight excluding hydrogens is 193 g/mol. The highest BCUT2D eigenvalue weighted by Crippen LogP contribution is 2.12. The molecule has 0 aromatic heterocycles. The van der Waals surface area contributed by atoms with Gasteiger partial charge in [0.05, 0.1) is 8.07 Å². The first-order valence-corrected chi connectivity index (χ1v) is 7.48. The molecule has 0 aliphatic heterocycles. The third-order valence-electron chi connectivity index (χ3n) is 1.79. The molecule has 0 aliphatic rings. The Morgan fingerprint density at radius 3 is 1.77 bits per heavy atom. The van der Waals surface area contributed by atoms with Gasteiger partial charge in [-0.1, -0.05) is 19.6 Å². The van der Waals surface area contributed by atoms with Crippen molar-refractivity contribution in [2.75, 3.05) is 0 Å². The molecule has 0 N–H and O–H groups in total. The quantitative estimate of drug-likeness (QED) is 0.487. The monoisotopic (exact) mass is 204 g/mol. The Hall–Kier alpha value is -0.773. The summed E-state index contributed by atoms with van der Waals surface area (Å²) >= 11 is 0. The minimum Gasteiger partial charge on any atom is -0.207 e. The van der Waals surface area contributed by atoms with Crippen LogP contribution in [0.5, 0.6) is 0 Å². The van der Waals surface area contributed by atoms with Crippen LogP contribution in [0.1, 0.15) is 0 Å². The van der Waals surface area contributed by atoms with Gasteiger partial charge >= 0.3 is 0 Å². The topological polar surface area (TPSA) is 0 Å². The summed E-state index contributed by atoms with van der Waals surface area (Å²) in [5, 5.41) is -0.0625. The third kappa shape index (κ3) is 1.93. The zero-order chi connectivity index (χ0) is 10.2. The number of benzene rings is 1. The molecule has 0 saturated carbocycles. The summed E-state index contributed by atoms with van der Waals surface area (Å²) < 4.78 is 39.1. The van der Waals surface area contributed by atoms with Crippen LogP contribution in [0.3, 0.4) is 0 Å². The molecule has 0 saturated heterocycles. The van der Waals surface area contributed by atoms with Gasteiger partial charge in [-0.3, -0.25) is 0 Å². The van der Waals surface area contributed by atoms with Gasteiger partial charge in [0, 0.05) is 5.19 Å². The van der Waals surface area contributed by atoms with Crippen molar-refractivity contribution in [1.29, 1.82) is 0 Å². The van der Waals surface area contributed by atoms with Gasteiger partial charge in [0.25, 0.3) is 0 Å². The number of hydrogen-bond donors (Lipinski definition) is 0. The van der Waals surface area contributed by atoms with E-state index >= 15 is 0 Å². The van der Waals surface area contributed by atoms with Gasteiger partial charge in [-0.2, -0.15) is 0 Å². The van der Waals surface area contributed by atoms with Crippen molar-refractivity contribution in [2.24, 2.45) is 0 Å². The van der Waals surface area contributed by atoms with Crippen molar-refractivity contribution in [2.45, 2.75) is 19.6 Å². The maximum Gasteiger partial charge on any atom is 0.160 e. The van der Waals surface area contributed by atoms with Crippen molar-refractivity contribution in [3.05, 3.63) is 29.6 Å². The van der Waals surface area contributed by atoms with Crippen molar-refractivity contribution >= 4 is 13.3 Å². The lowest BCUT2D eigenvalue weighted by atomic mass is 10.3. The van der Waals surface area contributed by atoms with Crippen LogP contribution in [0.25, 0.3) is 0 Å². The van der Waals surface area contributed by atoms with Crippen molar-refractivity contribution in [1.82, 2.24) is 0 Å². The largest absolute Gasteiger partial charge is 0.207 e. The number of rotatable bonds is 1. The second kappa shape index (κ2) is 3.18. The Morgan fingerprint density at radius 2 is 1.38 bits per heavy atom. The first kappa shape index (κ1) is 10.3. The molecule has 13 heavy (non-hydrogen) atoms. The summed E-state index contributed by atoms with van der Waals surface area (Å²) in [4.78, 5) is 0. The summed E-state index contributed by atoms with van der Waals surface area (Å²) in [6, 6.07) is 1.79. The van der Waals surface area contributed by atoms with Crippen molar-refractivity contribution < 1.29 is 13.2 Å². The molecule has 1 rings (SSSR count). The maximum absolute atomic E-state index is 13.2. The molecule has 0 radical (unpaired) electrons. The zero-order valence-corrected chi connectivity index (χ0v) is 8.79. The Bertz CT molecular complexity index is 328. The fraction of sp³-hybridized carbons (Fsp3) is 0.333. The molecule has 1 aromatic rings. The molecule has 0 unspecified atom stereocenters. The van der Waals surface area contributed by atoms with Gasteiger partial charge in [-0.05, 0) is 12.1 Å². The second-order valence-corrected chi connectivity index (χ2v) is 8.97. The fourth-order valence-electron chi connectivity index (χ4n) is 1.21. The predicted octanol–water partition coefficient (Wildman–Crippen LogP) is 2.65. The van der Waals surface area contributed by atoms with Crippen LogP contribution < -0.4 is 5.19 Å². The molecule has 0 spiro atoms. The highest BCUT2D eigenvalue weighted by Gasteiger charge is 2.26. The van der Waals surface area contributed by atoms with Crippen LogP contribution in [-0.4, -0.2) is 8.07 Å². The van der Waals surface area contributed by atoms with Gasteiger partial charge in [0.15, 0.2) is 11.6 Å². The third-order valence-corrected chi connectivity index (χ3v) is 3.75.